The molecule has 0 bridgehead atoms. The summed E-state index contributed by atoms with van der Waals surface area (Å²) in [6.45, 7) is 4.44. The first-order chi connectivity index (χ1) is 13.7. The van der Waals surface area contributed by atoms with Crippen molar-refractivity contribution in [2.75, 3.05) is 22.9 Å². The molecule has 0 N–H and O–H groups in total. The molecule has 0 aromatic heterocycles. The zero-order chi connectivity index (χ0) is 19.9. The second kappa shape index (κ2) is 9.13. The number of rotatable bonds is 4. The molecule has 2 heterocycles. The third-order valence-electron chi connectivity index (χ3n) is 4.95. The van der Waals surface area contributed by atoms with E-state index in [1.54, 1.807) is 15.9 Å². The van der Waals surface area contributed by atoms with Gasteiger partial charge in [-0.1, -0.05) is 42.5 Å². The third kappa shape index (κ3) is 4.19. The Hall–Kier alpha value is -3.21. The molecule has 2 aromatic rings. The minimum Gasteiger partial charge on any atom is -0.308 e. The summed E-state index contributed by atoms with van der Waals surface area (Å²) in [5.41, 5.74) is 4.34. The van der Waals surface area contributed by atoms with Crippen LogP contribution in [0, 0.1) is 0 Å². The van der Waals surface area contributed by atoms with Crippen molar-refractivity contribution in [1.82, 2.24) is 0 Å². The van der Waals surface area contributed by atoms with Crippen molar-refractivity contribution in [1.29, 1.82) is 0 Å². The molecule has 0 unspecified atom stereocenters. The van der Waals surface area contributed by atoms with E-state index in [0.29, 0.717) is 19.4 Å². The number of carbonyl (C=O) groups excluding carboxylic acids is 3. The van der Waals surface area contributed by atoms with Gasteiger partial charge >= 0.3 is 0 Å². The lowest BCUT2D eigenvalue weighted by molar-refractivity contribution is -0.120. The van der Waals surface area contributed by atoms with Gasteiger partial charge in [0.25, 0.3) is 0 Å². The van der Waals surface area contributed by atoms with Crippen LogP contribution in [0.25, 0.3) is 0 Å². The van der Waals surface area contributed by atoms with Crippen LogP contribution in [0.3, 0.4) is 0 Å². The summed E-state index contributed by atoms with van der Waals surface area (Å²) in [6, 6.07) is 15.8. The predicted octanol–water partition coefficient (Wildman–Crippen LogP) is 3.32. The second-order valence-electron chi connectivity index (χ2n) is 6.72. The van der Waals surface area contributed by atoms with Gasteiger partial charge in [-0.2, -0.15) is 0 Å². The Morgan fingerprint density at radius 3 is 1.68 bits per heavy atom. The fourth-order valence-electron chi connectivity index (χ4n) is 3.60. The normalized spacial score (nSPS) is 15.1. The topological polar surface area (TPSA) is 57.7 Å². The molecule has 0 saturated heterocycles. The molecule has 2 aliphatic heterocycles. The fraction of sp³-hybridized carbons (Fsp3) is 0.261. The third-order valence-corrected chi connectivity index (χ3v) is 4.95. The first-order valence-corrected chi connectivity index (χ1v) is 9.46. The van der Waals surface area contributed by atoms with Gasteiger partial charge in [-0.25, -0.2) is 0 Å². The largest absolute Gasteiger partial charge is 0.308 e. The number of hydrogen-bond acceptors (Lipinski definition) is 3. The van der Waals surface area contributed by atoms with Crippen LogP contribution in [0.5, 0.6) is 0 Å². The van der Waals surface area contributed by atoms with Gasteiger partial charge in [-0.15, -0.1) is 6.58 Å². The van der Waals surface area contributed by atoms with Crippen LogP contribution in [0.1, 0.15) is 24.0 Å². The lowest BCUT2D eigenvalue weighted by Gasteiger charge is -2.28. The van der Waals surface area contributed by atoms with E-state index in [0.717, 1.165) is 36.1 Å². The molecular weight excluding hydrogens is 352 g/mol. The zero-order valence-electron chi connectivity index (χ0n) is 15.8. The molecule has 0 radical (unpaired) electrons. The SMILES string of the molecule is C=CCN1C(=O)CCc2ccccc21.O=CCN1C(=O)CCc2ccccc21. The summed E-state index contributed by atoms with van der Waals surface area (Å²) in [5.74, 6) is 0.236. The summed E-state index contributed by atoms with van der Waals surface area (Å²) in [7, 11) is 0. The molecule has 4 rings (SSSR count). The summed E-state index contributed by atoms with van der Waals surface area (Å²) >= 11 is 0. The van der Waals surface area contributed by atoms with Gasteiger partial charge in [0.2, 0.25) is 11.8 Å². The molecule has 144 valence electrons. The summed E-state index contributed by atoms with van der Waals surface area (Å²) < 4.78 is 0. The number of anilines is 2. The fourth-order valence-corrected chi connectivity index (χ4v) is 3.60. The van der Waals surface area contributed by atoms with Gasteiger partial charge in [0.15, 0.2) is 0 Å². The molecule has 0 atom stereocenters. The number of aryl methyl sites for hydroxylation is 2. The number of benzene rings is 2. The Labute approximate surface area is 165 Å². The van der Waals surface area contributed by atoms with Crippen molar-refractivity contribution < 1.29 is 14.4 Å². The standard InChI is InChI=1S/C12H13NO.C11H11NO2/c1-2-9-13-11-6-4-3-5-10(11)7-8-12(13)14;13-8-7-12-10-4-2-1-3-9(10)5-6-11(12)14/h2-6H,1,7-9H2;1-4,8H,5-7H2. The Balaban J connectivity index is 0.000000161. The predicted molar refractivity (Wildman–Crippen MR) is 110 cm³/mol. The van der Waals surface area contributed by atoms with Crippen LogP contribution in [-0.2, 0) is 27.2 Å². The molecule has 0 aliphatic carbocycles. The Bertz CT molecular complexity index is 817. The number of hydrogen-bond donors (Lipinski definition) is 0. The molecule has 5 nitrogen and oxygen atoms in total. The second-order valence-corrected chi connectivity index (χ2v) is 6.72. The molecule has 5 heteroatoms. The van der Waals surface area contributed by atoms with E-state index < -0.39 is 0 Å². The van der Waals surface area contributed by atoms with Gasteiger partial charge in [-0.3, -0.25) is 9.59 Å². The van der Waals surface area contributed by atoms with Crippen molar-refractivity contribution in [2.24, 2.45) is 0 Å². The minimum atomic E-state index is 0.0378. The average Bonchev–Trinajstić information content (AvgIpc) is 2.73. The van der Waals surface area contributed by atoms with Crippen LogP contribution in [-0.4, -0.2) is 31.2 Å². The maximum absolute atomic E-state index is 11.6. The van der Waals surface area contributed by atoms with Gasteiger partial charge < -0.3 is 14.6 Å². The van der Waals surface area contributed by atoms with Crippen molar-refractivity contribution in [3.8, 4) is 0 Å². The maximum atomic E-state index is 11.6. The van der Waals surface area contributed by atoms with Crippen molar-refractivity contribution in [3.63, 3.8) is 0 Å². The number of amides is 2. The quantitative estimate of drug-likeness (QED) is 0.608. The zero-order valence-corrected chi connectivity index (χ0v) is 15.8. The highest BCUT2D eigenvalue weighted by Crippen LogP contribution is 2.27. The average molecular weight is 376 g/mol. The number of carbonyl (C=O) groups is 3. The van der Waals surface area contributed by atoms with E-state index in [9.17, 15) is 14.4 Å². The molecular formula is C23H24N2O3. The summed E-state index contributed by atoms with van der Waals surface area (Å²) in [4.78, 5) is 36.9. The summed E-state index contributed by atoms with van der Waals surface area (Å²) in [5, 5.41) is 0. The molecule has 2 aliphatic rings. The van der Waals surface area contributed by atoms with E-state index in [1.165, 1.54) is 5.56 Å². The van der Waals surface area contributed by atoms with E-state index in [-0.39, 0.29) is 18.4 Å². The molecule has 0 fully saturated rings. The van der Waals surface area contributed by atoms with Crippen LogP contribution >= 0.6 is 0 Å². The lowest BCUT2D eigenvalue weighted by Crippen LogP contribution is -2.36. The number of aldehydes is 1. The Morgan fingerprint density at radius 2 is 1.21 bits per heavy atom. The number of fused-ring (bicyclic) bond motifs is 2. The van der Waals surface area contributed by atoms with Gasteiger partial charge in [0.1, 0.15) is 6.29 Å². The van der Waals surface area contributed by atoms with Gasteiger partial charge in [0, 0.05) is 30.8 Å². The van der Waals surface area contributed by atoms with E-state index in [4.69, 9.17) is 0 Å². The van der Waals surface area contributed by atoms with E-state index in [2.05, 4.69) is 12.6 Å². The van der Waals surface area contributed by atoms with Gasteiger partial charge in [0.05, 0.1) is 6.54 Å². The molecule has 0 spiro atoms. The Kier molecular flexibility index (Phi) is 6.37. The molecule has 0 saturated carbocycles. The highest BCUT2D eigenvalue weighted by atomic mass is 16.2. The first-order valence-electron chi connectivity index (χ1n) is 9.46. The minimum absolute atomic E-state index is 0.0378. The van der Waals surface area contributed by atoms with Crippen molar-refractivity contribution in [2.45, 2.75) is 25.7 Å². The van der Waals surface area contributed by atoms with Crippen LogP contribution < -0.4 is 9.80 Å². The van der Waals surface area contributed by atoms with Crippen molar-refractivity contribution in [3.05, 3.63) is 72.3 Å². The number of para-hydroxylation sites is 2. The summed E-state index contributed by atoms with van der Waals surface area (Å²) in [6.07, 6.45) is 5.29. The van der Waals surface area contributed by atoms with Crippen LogP contribution in [0.2, 0.25) is 0 Å². The highest BCUT2D eigenvalue weighted by Gasteiger charge is 2.23. The Morgan fingerprint density at radius 1 is 0.750 bits per heavy atom. The maximum Gasteiger partial charge on any atom is 0.227 e. The monoisotopic (exact) mass is 376 g/mol. The van der Waals surface area contributed by atoms with E-state index in [1.807, 2.05) is 42.5 Å². The van der Waals surface area contributed by atoms with Crippen LogP contribution in [0.4, 0.5) is 11.4 Å². The molecule has 28 heavy (non-hydrogen) atoms. The first kappa shape index (κ1) is 19.5. The smallest absolute Gasteiger partial charge is 0.227 e. The van der Waals surface area contributed by atoms with E-state index >= 15 is 0 Å². The van der Waals surface area contributed by atoms with Crippen molar-refractivity contribution >= 4 is 29.5 Å². The molecule has 2 aromatic carbocycles. The lowest BCUT2D eigenvalue weighted by atomic mass is 10.0. The number of nitrogens with zero attached hydrogens (tertiary/aromatic N) is 2. The molecule has 2 amide bonds. The van der Waals surface area contributed by atoms with Crippen LogP contribution in [0.15, 0.2) is 61.2 Å². The highest BCUT2D eigenvalue weighted by molar-refractivity contribution is 5.98. The van der Waals surface area contributed by atoms with Gasteiger partial charge in [-0.05, 0) is 36.1 Å².